The lowest BCUT2D eigenvalue weighted by atomic mass is 10.3. The molecule has 0 aliphatic heterocycles. The van der Waals surface area contributed by atoms with Gasteiger partial charge in [0.15, 0.2) is 0 Å². The van der Waals surface area contributed by atoms with Crippen LogP contribution in [0.1, 0.15) is 6.92 Å². The van der Waals surface area contributed by atoms with Crippen molar-refractivity contribution in [2.45, 2.75) is 6.92 Å². The first-order valence-corrected chi connectivity index (χ1v) is 6.91. The van der Waals surface area contributed by atoms with Gasteiger partial charge < -0.3 is 0 Å². The Morgan fingerprint density at radius 1 is 0.381 bits per heavy atom. The van der Waals surface area contributed by atoms with Crippen molar-refractivity contribution in [3.63, 3.8) is 0 Å². The topological polar surface area (TPSA) is 0 Å². The molecule has 0 rings (SSSR count). The second-order valence-corrected chi connectivity index (χ2v) is 3.80. The molecular weight excluding hydrogens is 252 g/mol. The van der Waals surface area contributed by atoms with Gasteiger partial charge in [0.1, 0.15) is 0 Å². The molecule has 0 aliphatic carbocycles. The minimum Gasteiger partial charge on any atom is -0.0877 e. The summed E-state index contributed by atoms with van der Waals surface area (Å²) in [4.78, 5) is 0. The predicted molar refractivity (Wildman–Crippen MR) is 96.8 cm³/mol. The summed E-state index contributed by atoms with van der Waals surface area (Å²) in [5, 5.41) is 0. The molecule has 0 saturated carbocycles. The zero-order chi connectivity index (χ0) is 15.4. The summed E-state index contributed by atoms with van der Waals surface area (Å²) in [5.74, 6) is 0. The third-order valence-corrected chi connectivity index (χ3v) is 2.08. The Morgan fingerprint density at radius 2 is 0.619 bits per heavy atom. The molecule has 0 nitrogen and oxygen atoms in total. The Hall–Kier alpha value is -2.60. The fourth-order valence-electron chi connectivity index (χ4n) is 1.14. The molecule has 0 aromatic rings. The molecule has 1 radical (unpaired) electrons. The average Bonchev–Trinajstić information content (AvgIpc) is 2.50. The van der Waals surface area contributed by atoms with E-state index in [0.29, 0.717) is 0 Å². The maximum atomic E-state index is 5.20. The van der Waals surface area contributed by atoms with Crippen molar-refractivity contribution in [1.82, 2.24) is 0 Å². The monoisotopic (exact) mass is 275 g/mol. The number of hydrogen-bond acceptors (Lipinski definition) is 0. The molecule has 0 aromatic carbocycles. The molecule has 0 fully saturated rings. The summed E-state index contributed by atoms with van der Waals surface area (Å²) in [6.07, 6.45) is 36.8. The molecule has 0 N–H and O–H groups in total. The van der Waals surface area contributed by atoms with E-state index in [0.717, 1.165) is 0 Å². The van der Waals surface area contributed by atoms with Crippen LogP contribution in [0, 0.1) is 6.58 Å². The summed E-state index contributed by atoms with van der Waals surface area (Å²) >= 11 is 0. The molecule has 0 spiro atoms. The van der Waals surface area contributed by atoms with Gasteiger partial charge in [-0.1, -0.05) is 122 Å². The average molecular weight is 275 g/mol. The maximum Gasteiger partial charge on any atom is -0.0467 e. The van der Waals surface area contributed by atoms with Crippen LogP contribution in [-0.4, -0.2) is 0 Å². The van der Waals surface area contributed by atoms with Gasteiger partial charge in [-0.15, -0.1) is 0 Å². The molecule has 0 bridgehead atoms. The molecule has 0 aromatic heterocycles. The second kappa shape index (κ2) is 17.4. The van der Waals surface area contributed by atoms with Gasteiger partial charge in [-0.3, -0.25) is 0 Å². The van der Waals surface area contributed by atoms with Gasteiger partial charge in [0.25, 0.3) is 0 Å². The summed E-state index contributed by atoms with van der Waals surface area (Å²) in [6.45, 7) is 7.19. The van der Waals surface area contributed by atoms with E-state index in [2.05, 4.69) is 0 Å². The van der Waals surface area contributed by atoms with Crippen LogP contribution in [0.5, 0.6) is 0 Å². The first-order valence-electron chi connectivity index (χ1n) is 6.91. The Bertz CT molecular complexity index is 498. The van der Waals surface area contributed by atoms with Crippen molar-refractivity contribution in [3.05, 3.63) is 122 Å². The van der Waals surface area contributed by atoms with E-state index in [1.54, 1.807) is 6.08 Å². The van der Waals surface area contributed by atoms with E-state index < -0.39 is 0 Å². The van der Waals surface area contributed by atoms with Crippen molar-refractivity contribution in [2.24, 2.45) is 0 Å². The van der Waals surface area contributed by atoms with Gasteiger partial charge in [-0.25, -0.2) is 0 Å². The zero-order valence-electron chi connectivity index (χ0n) is 12.5. The molecular formula is C21H23. The van der Waals surface area contributed by atoms with Crippen molar-refractivity contribution in [2.75, 3.05) is 0 Å². The second-order valence-electron chi connectivity index (χ2n) is 3.80. The van der Waals surface area contributed by atoms with E-state index in [4.69, 9.17) is 6.58 Å². The van der Waals surface area contributed by atoms with E-state index in [-0.39, 0.29) is 0 Å². The molecule has 21 heavy (non-hydrogen) atoms. The highest BCUT2D eigenvalue weighted by Gasteiger charge is 1.64. The van der Waals surface area contributed by atoms with Gasteiger partial charge in [0.2, 0.25) is 0 Å². The van der Waals surface area contributed by atoms with Crippen LogP contribution < -0.4 is 0 Å². The lowest BCUT2D eigenvalue weighted by Gasteiger charge is -1.75. The number of allylic oxidation sites excluding steroid dienone is 19. The molecule has 0 saturated heterocycles. The Balaban J connectivity index is 3.87. The first-order chi connectivity index (χ1) is 10.4. The molecule has 0 amide bonds. The summed E-state index contributed by atoms with van der Waals surface area (Å²) in [5.41, 5.74) is 0. The maximum absolute atomic E-state index is 5.20. The lowest BCUT2D eigenvalue weighted by Crippen LogP contribution is -1.53. The third kappa shape index (κ3) is 17.4. The molecule has 0 atom stereocenters. The van der Waals surface area contributed by atoms with Crippen molar-refractivity contribution in [1.29, 1.82) is 0 Å². The highest BCUT2D eigenvalue weighted by Crippen LogP contribution is 1.86. The Morgan fingerprint density at radius 3 is 0.857 bits per heavy atom. The quantitative estimate of drug-likeness (QED) is 0.453. The van der Waals surface area contributed by atoms with Crippen molar-refractivity contribution >= 4 is 0 Å². The molecule has 0 heteroatoms. The van der Waals surface area contributed by atoms with E-state index in [1.165, 1.54) is 6.08 Å². The largest absolute Gasteiger partial charge is 0.0877 e. The highest BCUT2D eigenvalue weighted by molar-refractivity contribution is 5.22. The highest BCUT2D eigenvalue weighted by atomic mass is 13.7. The minimum absolute atomic E-state index is 1.50. The SMILES string of the molecule is [CH]=C/C=C/C=C/C=C/C=C/C=C/C=C/C=C/C=C/C=C/C. The molecule has 0 unspecified atom stereocenters. The number of rotatable bonds is 9. The smallest absolute Gasteiger partial charge is 0.0467 e. The summed E-state index contributed by atoms with van der Waals surface area (Å²) in [7, 11) is 0. The van der Waals surface area contributed by atoms with Gasteiger partial charge in [-0.05, 0) is 6.92 Å². The molecule has 107 valence electrons. The van der Waals surface area contributed by atoms with Crippen LogP contribution >= 0.6 is 0 Å². The Labute approximate surface area is 129 Å². The Kier molecular flexibility index (Phi) is 15.2. The fraction of sp³-hybridized carbons (Fsp3) is 0.0476. The zero-order valence-corrected chi connectivity index (χ0v) is 12.5. The molecule has 0 aliphatic rings. The van der Waals surface area contributed by atoms with Gasteiger partial charge in [0.05, 0.1) is 0 Å². The normalized spacial score (nSPS) is 14.3. The fourth-order valence-corrected chi connectivity index (χ4v) is 1.14. The lowest BCUT2D eigenvalue weighted by molar-refractivity contribution is 1.73. The van der Waals surface area contributed by atoms with Crippen molar-refractivity contribution in [3.8, 4) is 0 Å². The summed E-state index contributed by atoms with van der Waals surface area (Å²) in [6, 6.07) is 0. The van der Waals surface area contributed by atoms with Crippen LogP contribution in [0.25, 0.3) is 0 Å². The van der Waals surface area contributed by atoms with Crippen LogP contribution in [0.15, 0.2) is 115 Å². The summed E-state index contributed by atoms with van der Waals surface area (Å²) < 4.78 is 0. The van der Waals surface area contributed by atoms with Gasteiger partial charge >= 0.3 is 0 Å². The number of hydrogen-bond donors (Lipinski definition) is 0. The predicted octanol–water partition coefficient (Wildman–Crippen LogP) is 6.00. The van der Waals surface area contributed by atoms with Crippen LogP contribution in [0.3, 0.4) is 0 Å². The van der Waals surface area contributed by atoms with E-state index in [1.807, 2.05) is 110 Å². The first kappa shape index (κ1) is 18.4. The van der Waals surface area contributed by atoms with Gasteiger partial charge in [0, 0.05) is 0 Å². The third-order valence-electron chi connectivity index (χ3n) is 2.08. The van der Waals surface area contributed by atoms with Gasteiger partial charge in [-0.2, -0.15) is 0 Å². The standard InChI is InChI=1S/C21H23/c1-3-5-7-9-11-13-15-17-19-21-20-18-16-14-12-10-8-6-4-2/h1,3-21H,2H3/b3-1?,6-4+,7-5+,10-8+,11-9+,14-12+,15-13+,18-16+,19-17+,21-20+. The molecule has 0 heterocycles. The minimum atomic E-state index is 1.50. The van der Waals surface area contributed by atoms with Crippen LogP contribution in [-0.2, 0) is 0 Å². The van der Waals surface area contributed by atoms with Crippen LogP contribution in [0.4, 0.5) is 0 Å². The van der Waals surface area contributed by atoms with E-state index >= 15 is 0 Å². The van der Waals surface area contributed by atoms with Crippen molar-refractivity contribution < 1.29 is 0 Å². The van der Waals surface area contributed by atoms with Crippen LogP contribution in [0.2, 0.25) is 0 Å². The van der Waals surface area contributed by atoms with E-state index in [9.17, 15) is 0 Å².